The van der Waals surface area contributed by atoms with Crippen molar-refractivity contribution in [3.63, 3.8) is 0 Å². The maximum atomic E-state index is 16.7. The van der Waals surface area contributed by atoms with Crippen LogP contribution in [-0.4, -0.2) is 446 Å². The molecule has 8 aliphatic heterocycles. The van der Waals surface area contributed by atoms with Crippen LogP contribution in [0.4, 0.5) is 0 Å². The first-order chi connectivity index (χ1) is 69.9. The number of carbonyl (C=O) groups excluding carboxylic acids is 4. The quantitative estimate of drug-likeness (QED) is 0.0116. The van der Waals surface area contributed by atoms with Crippen LogP contribution in [-0.2, 0) is 104 Å². The molecule has 0 aromatic heterocycles. The lowest BCUT2D eigenvalue weighted by Gasteiger charge is -2.71. The van der Waals surface area contributed by atoms with Crippen molar-refractivity contribution in [2.24, 2.45) is 62.1 Å². The molecule has 21 unspecified atom stereocenters. The first-order valence-electron chi connectivity index (χ1n) is 53.9. The highest BCUT2D eigenvalue weighted by Gasteiger charge is 2.74. The van der Waals surface area contributed by atoms with E-state index in [1.165, 1.54) is 6.92 Å². The average Bonchev–Trinajstić information content (AvgIpc) is 0.742. The van der Waals surface area contributed by atoms with Crippen LogP contribution in [0.1, 0.15) is 214 Å². The smallest absolute Gasteiger partial charge is 0.317 e. The summed E-state index contributed by atoms with van der Waals surface area (Å²) in [5.41, 5.74) is -7.28. The van der Waals surface area contributed by atoms with Gasteiger partial charge in [0, 0.05) is 6.04 Å². The molecule has 23 N–H and O–H groups in total. The Labute approximate surface area is 880 Å². The highest BCUT2D eigenvalue weighted by atomic mass is 28.4. The van der Waals surface area contributed by atoms with E-state index in [-0.39, 0.29) is 61.3 Å². The molecule has 50 atom stereocenters. The molecule has 8 heterocycles. The van der Waals surface area contributed by atoms with Crippen molar-refractivity contribution in [3.05, 3.63) is 11.6 Å². The van der Waals surface area contributed by atoms with E-state index in [0.717, 1.165) is 11.9 Å². The number of hydrogen-bond acceptors (Lipinski definition) is 43. The summed E-state index contributed by atoms with van der Waals surface area (Å²) in [6.07, 6.45) is -54.4. The number of aliphatic hydroxyl groups excluding tert-OH is 20. The lowest BCUT2D eigenvalue weighted by Crippen LogP contribution is -2.70. The Hall–Kier alpha value is -3.27. The minimum atomic E-state index is -2.92. The Morgan fingerprint density at radius 2 is 1.03 bits per heavy atom. The van der Waals surface area contributed by atoms with E-state index in [1.807, 2.05) is 61.6 Å². The summed E-state index contributed by atoms with van der Waals surface area (Å²) in [6, 6.07) is -2.38. The Morgan fingerprint density at radius 3 is 1.63 bits per heavy atom. The topological polar surface area (TPSA) is 683 Å². The van der Waals surface area contributed by atoms with E-state index in [2.05, 4.69) is 85.2 Å². The fourth-order valence-electron chi connectivity index (χ4n) is 25.5. The second-order valence-corrected chi connectivity index (χ2v) is 59.6. The average molecular weight is 2190 g/mol. The molecular formula is C103H178N2O43Si2. The number of ether oxygens (including phenoxy) is 16. The number of aldehydes is 1. The van der Waals surface area contributed by atoms with Crippen molar-refractivity contribution in [2.75, 3.05) is 52.9 Å². The maximum absolute atomic E-state index is 16.7. The number of esters is 1. The predicted molar refractivity (Wildman–Crippen MR) is 529 cm³/mol. The molecule has 0 bridgehead atoms. The van der Waals surface area contributed by atoms with Crippen LogP contribution in [0, 0.1) is 62.1 Å². The summed E-state index contributed by atoms with van der Waals surface area (Å²) < 4.78 is 113. The van der Waals surface area contributed by atoms with E-state index in [4.69, 9.17) is 84.6 Å². The van der Waals surface area contributed by atoms with Crippen LogP contribution in [0.5, 0.6) is 0 Å². The molecule has 0 spiro atoms. The first-order valence-corrected chi connectivity index (χ1v) is 59.7. The third-order valence-corrected chi connectivity index (χ3v) is 46.8. The fourth-order valence-corrected chi connectivity index (χ4v) is 28.3. The Bertz CT molecular complexity index is 4470. The molecule has 866 valence electrons. The predicted octanol–water partition coefficient (Wildman–Crippen LogP) is -0.961. The molecule has 13 rings (SSSR count). The summed E-state index contributed by atoms with van der Waals surface area (Å²) in [6.45, 7) is 36.5. The van der Waals surface area contributed by atoms with Crippen molar-refractivity contribution in [1.29, 1.82) is 0 Å². The van der Waals surface area contributed by atoms with E-state index >= 15 is 14.4 Å². The van der Waals surface area contributed by atoms with Gasteiger partial charge >= 0.3 is 5.97 Å². The minimum Gasteiger partial charge on any atom is -0.432 e. The van der Waals surface area contributed by atoms with Crippen LogP contribution in [0.2, 0.25) is 36.3 Å². The van der Waals surface area contributed by atoms with Crippen molar-refractivity contribution in [2.45, 2.75) is 495 Å². The highest BCUT2D eigenvalue weighted by Crippen LogP contribution is 2.76. The van der Waals surface area contributed by atoms with Crippen LogP contribution in [0.25, 0.3) is 0 Å². The number of hydrogen-bond donors (Lipinski definition) is 23. The Balaban J connectivity index is 0.787. The van der Waals surface area contributed by atoms with E-state index < -0.39 is 388 Å². The lowest BCUT2D eigenvalue weighted by atomic mass is 9.33. The number of carbonyl (C=O) groups is 4. The van der Waals surface area contributed by atoms with Gasteiger partial charge in [0.2, 0.25) is 18.1 Å². The van der Waals surface area contributed by atoms with Gasteiger partial charge in [-0.25, -0.2) is 0 Å². The molecule has 150 heavy (non-hydrogen) atoms. The summed E-state index contributed by atoms with van der Waals surface area (Å²) >= 11 is 0. The molecule has 45 nitrogen and oxygen atoms in total. The number of amides is 2. The van der Waals surface area contributed by atoms with Crippen LogP contribution in [0.15, 0.2) is 11.6 Å². The van der Waals surface area contributed by atoms with Crippen molar-refractivity contribution in [3.8, 4) is 0 Å². The number of fused-ring (bicyclic) bond motifs is 7. The van der Waals surface area contributed by atoms with Gasteiger partial charge in [0.25, 0.3) is 0 Å². The molecule has 12 fully saturated rings. The van der Waals surface area contributed by atoms with E-state index in [0.29, 0.717) is 51.4 Å². The highest BCUT2D eigenvalue weighted by molar-refractivity contribution is 6.74. The Morgan fingerprint density at radius 1 is 0.513 bits per heavy atom. The maximum Gasteiger partial charge on any atom is 0.317 e. The van der Waals surface area contributed by atoms with Gasteiger partial charge in [-0.1, -0.05) is 135 Å². The van der Waals surface area contributed by atoms with Gasteiger partial charge in [-0.05, 0) is 165 Å². The SMILES string of the molecule is CC[C@H](C)[C@H](C[C@@H](CC(=O)N[C@@H]1C(O)C(O[C@@H]2OC(C)[C@H](O[C@@H]3OC[C@@H](O)C(O[C@@H]4OC[C@@](O)(CO)C4O)C3O)C(O)C2O)[C@H](OC(=O)[C@]23CCC(C)(C)CC2C2=CCC4C5(C)CC[C@H](O[C@@H]6OC[C@@H](O)[C@H](O[C@@H]7OC[C@@H](O)[C@H](O)C7O)C6O[C@@H]6OC(CO)[C@H](O)[C@H](O)C6O)C(C)(C=O)[C@@H]5CCC4(C)C2(C)C[C@@H]3O)O[C@@H]1CO)O[Si](C)(C)C(C)(C)C)NC(=O)C[C@H](C[C@H](O[C@@H]1OC(CO)C(O)C1O)[C@@H](C)CC)O[Si](C)(C)C(C)(C)C. The van der Waals surface area contributed by atoms with Gasteiger partial charge in [-0.2, -0.15) is 0 Å². The van der Waals surface area contributed by atoms with Gasteiger partial charge < -0.3 is 207 Å². The van der Waals surface area contributed by atoms with Gasteiger partial charge in [0.1, 0.15) is 152 Å². The van der Waals surface area contributed by atoms with Crippen LogP contribution in [0.3, 0.4) is 0 Å². The van der Waals surface area contributed by atoms with Crippen molar-refractivity contribution >= 4 is 40.7 Å². The van der Waals surface area contributed by atoms with Gasteiger partial charge in [0.15, 0.2) is 66.8 Å². The number of nitrogens with one attached hydrogen (secondary N) is 2. The van der Waals surface area contributed by atoms with E-state index in [1.54, 1.807) is 6.92 Å². The molecular weight excluding hydrogens is 2010 g/mol. The molecule has 5 aliphatic carbocycles. The molecule has 4 saturated carbocycles. The monoisotopic (exact) mass is 2190 g/mol. The third kappa shape index (κ3) is 24.6. The van der Waals surface area contributed by atoms with Crippen LogP contribution >= 0.6 is 0 Å². The second kappa shape index (κ2) is 48.2. The second-order valence-electron chi connectivity index (χ2n) is 50.1. The van der Waals surface area contributed by atoms with E-state index in [9.17, 15) is 112 Å². The zero-order valence-corrected chi connectivity index (χ0v) is 92.7. The molecule has 0 aromatic carbocycles. The fraction of sp³-hybridized carbons (Fsp3) is 0.942. The number of rotatable bonds is 39. The normalized spacial score (nSPS) is 45.8. The van der Waals surface area contributed by atoms with Gasteiger partial charge in [-0.3, -0.25) is 14.4 Å². The zero-order chi connectivity index (χ0) is 111. The minimum absolute atomic E-state index is 0.0217. The van der Waals surface area contributed by atoms with Gasteiger partial charge in [0.05, 0.1) is 114 Å². The molecule has 8 saturated heterocycles. The van der Waals surface area contributed by atoms with Crippen LogP contribution < -0.4 is 10.6 Å². The summed E-state index contributed by atoms with van der Waals surface area (Å²) in [5, 5.41) is 243. The number of allylic oxidation sites excluding steroid dienone is 2. The molecule has 47 heteroatoms. The zero-order valence-electron chi connectivity index (χ0n) is 90.7. The standard InChI is InChI=1S/C103H178N2O43Si2/c1-22-47(3)54(104-66(115)35-51(148-150(20,21)96(9,10)11)33-58(48(4)23-2)136-89-76(124)71(119)61(40-108)138-89)32-50(147-149(18,19)95(6,7)8)34-67(116)105-68-59(38-106)137-92(83(72(68)120)144-88-78(126)74(122)80(49(5)135-88)141-87-79(127)81(56(112)42-132-87)142-93-85(128)102(130,45-110)46-134-93)146-94(129)103-31-30-97(12,13)36-53(103)52-24-25-63-98(14)28-27-65(99(15,44-109)62(98)26-29-100(63,16)101(52,17)37-64(103)114)140-91-84(145-90-77(125)73(121)70(118)60(39-107)139-90)82(57(113)43-133-91)143-86-75(123)69(117)55(111)41-131-86/h24,44,47-51,53-65,68-93,106-108,110-114,117-128,130H,22-23,25-43,45-46H2,1-21H3,(H,104,115)(H,105,116)/t47-,48-,49?,50-,51-,53?,54-,55+,56+,57+,58-,59+,60?,61?,62+,63?,64-,65-,68-,69-,70-,71?,72?,73-,74?,75?,76?,77?,78?,79?,80-,81?,82-,83?,84?,85?,86-,87-,88-,89+,90-,91-,92-,93-,98?,99?,100?,101?,102-,103+/m0/s1. The molecule has 13 aliphatic rings. The molecule has 0 radical (unpaired) electrons. The summed E-state index contributed by atoms with van der Waals surface area (Å²) in [4.78, 5) is 62.0. The number of aliphatic hydroxyl groups is 21. The molecule has 2 amide bonds. The van der Waals surface area contributed by atoms with Crippen molar-refractivity contribution < 1.29 is 211 Å². The van der Waals surface area contributed by atoms with Gasteiger partial charge in [-0.15, -0.1) is 0 Å². The Kier molecular flexibility index (Phi) is 39.7. The third-order valence-electron chi connectivity index (χ3n) is 37.8. The summed E-state index contributed by atoms with van der Waals surface area (Å²) in [7, 11) is -5.61. The molecule has 0 aromatic rings. The lowest BCUT2D eigenvalue weighted by molar-refractivity contribution is -0.384. The summed E-state index contributed by atoms with van der Waals surface area (Å²) in [5.74, 6) is -4.09. The first kappa shape index (κ1) is 124. The largest absolute Gasteiger partial charge is 0.432 e. The van der Waals surface area contributed by atoms with Crippen molar-refractivity contribution in [1.82, 2.24) is 10.6 Å².